The van der Waals surface area contributed by atoms with Gasteiger partial charge in [-0.3, -0.25) is 0 Å². The molecule has 0 bridgehead atoms. The van der Waals surface area contributed by atoms with Crippen LogP contribution in [-0.2, 0) is 6.61 Å². The fourth-order valence-corrected chi connectivity index (χ4v) is 1.95. The molecule has 0 radical (unpaired) electrons. The Morgan fingerprint density at radius 3 is 2.56 bits per heavy atom. The Morgan fingerprint density at radius 1 is 1.12 bits per heavy atom. The lowest BCUT2D eigenvalue weighted by Crippen LogP contribution is -1.91. The minimum absolute atomic E-state index is 0.00257. The number of hydrogen-bond donors (Lipinski definition) is 2. The van der Waals surface area contributed by atoms with Gasteiger partial charge in [0.15, 0.2) is 0 Å². The maximum Gasteiger partial charge on any atom is 0.0687 e. The molecule has 0 fully saturated rings. The van der Waals surface area contributed by atoms with E-state index < -0.39 is 0 Å². The number of nitrogen functional groups attached to an aromatic ring is 1. The van der Waals surface area contributed by atoms with Crippen molar-refractivity contribution in [2.24, 2.45) is 0 Å². The topological polar surface area (TPSA) is 46.2 Å². The van der Waals surface area contributed by atoms with Crippen molar-refractivity contribution in [1.29, 1.82) is 0 Å². The summed E-state index contributed by atoms with van der Waals surface area (Å²) in [5, 5.41) is 9.85. The molecule has 2 aromatic carbocycles. The molecular formula is C13H12ClNO. The van der Waals surface area contributed by atoms with Gasteiger partial charge >= 0.3 is 0 Å². The first kappa shape index (κ1) is 11.0. The van der Waals surface area contributed by atoms with Crippen molar-refractivity contribution in [3.63, 3.8) is 0 Å². The van der Waals surface area contributed by atoms with Gasteiger partial charge in [0.25, 0.3) is 0 Å². The molecule has 3 heteroatoms. The number of aliphatic hydroxyl groups excluding tert-OH is 1. The number of benzene rings is 2. The second-order valence-electron chi connectivity index (χ2n) is 3.59. The summed E-state index contributed by atoms with van der Waals surface area (Å²) < 4.78 is 0. The van der Waals surface area contributed by atoms with Crippen LogP contribution in [0.25, 0.3) is 11.1 Å². The van der Waals surface area contributed by atoms with Gasteiger partial charge in [0, 0.05) is 10.7 Å². The summed E-state index contributed by atoms with van der Waals surface area (Å²) in [4.78, 5) is 0. The standard InChI is InChI=1S/C13H12ClNO/c14-11-5-10(6-12(15)7-11)13-4-2-1-3-9(13)8-16/h1-7,16H,8,15H2. The van der Waals surface area contributed by atoms with E-state index in [-0.39, 0.29) is 6.61 Å². The molecule has 2 rings (SSSR count). The SMILES string of the molecule is Nc1cc(Cl)cc(-c2ccccc2CO)c1. The molecule has 2 aromatic rings. The van der Waals surface area contributed by atoms with Crippen LogP contribution in [0.4, 0.5) is 5.69 Å². The van der Waals surface area contributed by atoms with Crippen LogP contribution in [0.3, 0.4) is 0 Å². The quantitative estimate of drug-likeness (QED) is 0.783. The number of nitrogens with two attached hydrogens (primary N) is 1. The van der Waals surface area contributed by atoms with Crippen LogP contribution in [0.15, 0.2) is 42.5 Å². The third kappa shape index (κ3) is 2.18. The molecule has 0 saturated carbocycles. The first-order valence-electron chi connectivity index (χ1n) is 4.96. The summed E-state index contributed by atoms with van der Waals surface area (Å²) in [7, 11) is 0. The number of anilines is 1. The van der Waals surface area contributed by atoms with Crippen molar-refractivity contribution in [3.05, 3.63) is 53.1 Å². The van der Waals surface area contributed by atoms with Crippen molar-refractivity contribution in [2.75, 3.05) is 5.73 Å². The van der Waals surface area contributed by atoms with Crippen molar-refractivity contribution in [2.45, 2.75) is 6.61 Å². The molecule has 0 atom stereocenters. The Balaban J connectivity index is 2.58. The van der Waals surface area contributed by atoms with Crippen molar-refractivity contribution in [3.8, 4) is 11.1 Å². The number of rotatable bonds is 2. The van der Waals surface area contributed by atoms with Gasteiger partial charge in [0.05, 0.1) is 6.61 Å². The summed E-state index contributed by atoms with van der Waals surface area (Å²) in [6.07, 6.45) is 0. The summed E-state index contributed by atoms with van der Waals surface area (Å²) in [6.45, 7) is 0.00257. The average Bonchev–Trinajstić information content (AvgIpc) is 2.27. The zero-order valence-corrected chi connectivity index (χ0v) is 9.41. The number of halogens is 1. The van der Waals surface area contributed by atoms with Gasteiger partial charge in [0.2, 0.25) is 0 Å². The summed E-state index contributed by atoms with van der Waals surface area (Å²) in [5.74, 6) is 0. The zero-order valence-electron chi connectivity index (χ0n) is 8.65. The minimum atomic E-state index is 0.00257. The molecule has 2 nitrogen and oxygen atoms in total. The Bertz CT molecular complexity index is 491. The summed E-state index contributed by atoms with van der Waals surface area (Å²) in [5.41, 5.74) is 9.11. The first-order valence-corrected chi connectivity index (χ1v) is 5.33. The normalized spacial score (nSPS) is 10.4. The Hall–Kier alpha value is -1.51. The molecule has 82 valence electrons. The van der Waals surface area contributed by atoms with E-state index in [4.69, 9.17) is 17.3 Å². The highest BCUT2D eigenvalue weighted by atomic mass is 35.5. The van der Waals surface area contributed by atoms with E-state index in [0.717, 1.165) is 16.7 Å². The predicted octanol–water partition coefficient (Wildman–Crippen LogP) is 3.08. The molecule has 0 aliphatic carbocycles. The van der Waals surface area contributed by atoms with Crippen LogP contribution in [-0.4, -0.2) is 5.11 Å². The van der Waals surface area contributed by atoms with E-state index in [1.54, 1.807) is 6.07 Å². The molecular weight excluding hydrogens is 222 g/mol. The van der Waals surface area contributed by atoms with Gasteiger partial charge in [-0.15, -0.1) is 0 Å². The largest absolute Gasteiger partial charge is 0.399 e. The van der Waals surface area contributed by atoms with Gasteiger partial charge in [0.1, 0.15) is 0 Å². The van der Waals surface area contributed by atoms with E-state index in [1.165, 1.54) is 0 Å². The van der Waals surface area contributed by atoms with Gasteiger partial charge in [-0.25, -0.2) is 0 Å². The maximum atomic E-state index is 9.25. The summed E-state index contributed by atoms with van der Waals surface area (Å²) >= 11 is 5.95. The maximum absolute atomic E-state index is 9.25. The molecule has 0 heterocycles. The smallest absolute Gasteiger partial charge is 0.0687 e. The molecule has 0 aliphatic rings. The Kier molecular flexibility index (Phi) is 3.13. The highest BCUT2D eigenvalue weighted by molar-refractivity contribution is 6.31. The highest BCUT2D eigenvalue weighted by Gasteiger charge is 2.05. The lowest BCUT2D eigenvalue weighted by molar-refractivity contribution is 0.282. The fourth-order valence-electron chi connectivity index (χ4n) is 1.71. The van der Waals surface area contributed by atoms with Gasteiger partial charge < -0.3 is 10.8 Å². The van der Waals surface area contributed by atoms with Crippen LogP contribution in [0, 0.1) is 0 Å². The molecule has 0 aromatic heterocycles. The third-order valence-electron chi connectivity index (χ3n) is 2.42. The van der Waals surface area contributed by atoms with Crippen LogP contribution < -0.4 is 5.73 Å². The number of aliphatic hydroxyl groups is 1. The second-order valence-corrected chi connectivity index (χ2v) is 4.02. The molecule has 0 spiro atoms. The molecule has 0 unspecified atom stereocenters. The summed E-state index contributed by atoms with van der Waals surface area (Å²) in [6, 6.07) is 13.0. The molecule has 0 aliphatic heterocycles. The van der Waals surface area contributed by atoms with Gasteiger partial charge in [-0.2, -0.15) is 0 Å². The second kappa shape index (κ2) is 4.56. The molecule has 3 N–H and O–H groups in total. The Morgan fingerprint density at radius 2 is 1.88 bits per heavy atom. The monoisotopic (exact) mass is 233 g/mol. The Labute approximate surface area is 99.3 Å². The van der Waals surface area contributed by atoms with E-state index in [1.807, 2.05) is 36.4 Å². The molecule has 0 amide bonds. The van der Waals surface area contributed by atoms with Crippen molar-refractivity contribution in [1.82, 2.24) is 0 Å². The van der Waals surface area contributed by atoms with Crippen LogP contribution >= 0.6 is 11.6 Å². The molecule has 0 saturated heterocycles. The van der Waals surface area contributed by atoms with E-state index in [2.05, 4.69) is 0 Å². The van der Waals surface area contributed by atoms with Crippen LogP contribution in [0.1, 0.15) is 5.56 Å². The third-order valence-corrected chi connectivity index (χ3v) is 2.64. The van der Waals surface area contributed by atoms with Gasteiger partial charge in [-0.05, 0) is 34.9 Å². The lowest BCUT2D eigenvalue weighted by Gasteiger charge is -2.08. The van der Waals surface area contributed by atoms with Crippen LogP contribution in [0.5, 0.6) is 0 Å². The number of hydrogen-bond acceptors (Lipinski definition) is 2. The van der Waals surface area contributed by atoms with Crippen molar-refractivity contribution < 1.29 is 5.11 Å². The average molecular weight is 234 g/mol. The van der Waals surface area contributed by atoms with Crippen LogP contribution in [0.2, 0.25) is 5.02 Å². The van der Waals surface area contributed by atoms with Crippen molar-refractivity contribution >= 4 is 17.3 Å². The van der Waals surface area contributed by atoms with E-state index in [0.29, 0.717) is 10.7 Å². The highest BCUT2D eigenvalue weighted by Crippen LogP contribution is 2.28. The van der Waals surface area contributed by atoms with Gasteiger partial charge in [-0.1, -0.05) is 35.9 Å². The van der Waals surface area contributed by atoms with E-state index >= 15 is 0 Å². The minimum Gasteiger partial charge on any atom is -0.399 e. The first-order chi connectivity index (χ1) is 7.70. The lowest BCUT2D eigenvalue weighted by atomic mass is 10.00. The van der Waals surface area contributed by atoms with E-state index in [9.17, 15) is 5.11 Å². The molecule has 16 heavy (non-hydrogen) atoms. The fraction of sp³-hybridized carbons (Fsp3) is 0.0769. The predicted molar refractivity (Wildman–Crippen MR) is 67.2 cm³/mol. The zero-order chi connectivity index (χ0) is 11.5.